The lowest BCUT2D eigenvalue weighted by Crippen LogP contribution is -2.46. The van der Waals surface area contributed by atoms with Crippen LogP contribution in [0, 0.1) is 5.92 Å². The van der Waals surface area contributed by atoms with E-state index in [1.54, 1.807) is 9.80 Å². The van der Waals surface area contributed by atoms with Gasteiger partial charge in [0.15, 0.2) is 17.6 Å². The van der Waals surface area contributed by atoms with Crippen molar-refractivity contribution in [3.05, 3.63) is 17.5 Å². The van der Waals surface area contributed by atoms with Gasteiger partial charge >= 0.3 is 0 Å². The highest BCUT2D eigenvalue weighted by Gasteiger charge is 2.47. The van der Waals surface area contributed by atoms with Crippen molar-refractivity contribution in [3.63, 3.8) is 0 Å². The quantitative estimate of drug-likeness (QED) is 0.712. The van der Waals surface area contributed by atoms with Gasteiger partial charge in [-0.2, -0.15) is 5.10 Å². The molecule has 1 N–H and O–H groups in total. The molecule has 3 aliphatic rings. The molecular weight excluding hydrogens is 342 g/mol. The van der Waals surface area contributed by atoms with Crippen LogP contribution in [-0.4, -0.2) is 88.8 Å². The maximum absolute atomic E-state index is 12.7. The van der Waals surface area contributed by atoms with Crippen molar-refractivity contribution in [1.82, 2.24) is 20.0 Å². The Morgan fingerprint density at radius 3 is 2.62 bits per heavy atom. The Hall–Kier alpha value is -2.75. The van der Waals surface area contributed by atoms with E-state index in [0.29, 0.717) is 45.1 Å². The summed E-state index contributed by atoms with van der Waals surface area (Å²) in [7, 11) is 0. The number of aromatic amines is 1. The lowest BCUT2D eigenvalue weighted by Gasteiger charge is -2.27. The number of rotatable bonds is 3. The number of fused-ring (bicyclic) bond motifs is 1. The molecule has 2 amide bonds. The molecular formula is C16H19N5O5. The van der Waals surface area contributed by atoms with Crippen molar-refractivity contribution >= 4 is 23.3 Å². The predicted molar refractivity (Wildman–Crippen MR) is 87.7 cm³/mol. The maximum Gasteiger partial charge on any atom is 0.272 e. The van der Waals surface area contributed by atoms with Gasteiger partial charge in [-0.05, 0) is 6.07 Å². The number of aromatic nitrogens is 2. The van der Waals surface area contributed by atoms with Gasteiger partial charge in [0, 0.05) is 26.6 Å². The van der Waals surface area contributed by atoms with Crippen molar-refractivity contribution in [1.29, 1.82) is 0 Å². The van der Waals surface area contributed by atoms with E-state index in [9.17, 15) is 14.4 Å². The van der Waals surface area contributed by atoms with Gasteiger partial charge in [0.2, 0.25) is 0 Å². The van der Waals surface area contributed by atoms with Crippen LogP contribution in [0.25, 0.3) is 0 Å². The normalized spacial score (nSPS) is 24.9. The molecule has 1 aromatic rings. The van der Waals surface area contributed by atoms with Crippen LogP contribution in [0.4, 0.5) is 0 Å². The molecule has 0 unspecified atom stereocenters. The summed E-state index contributed by atoms with van der Waals surface area (Å²) in [5, 5.41) is 10.4. The average Bonchev–Trinajstić information content (AvgIpc) is 3.36. The van der Waals surface area contributed by atoms with E-state index in [2.05, 4.69) is 15.4 Å². The minimum absolute atomic E-state index is 0.157. The van der Waals surface area contributed by atoms with Crippen LogP contribution in [0.1, 0.15) is 27.9 Å². The number of carbonyl (C=O) groups is 3. The Bertz CT molecular complexity index is 782. The first-order valence-electron chi connectivity index (χ1n) is 8.51. The van der Waals surface area contributed by atoms with Gasteiger partial charge < -0.3 is 19.4 Å². The number of hydrogen-bond acceptors (Lipinski definition) is 7. The summed E-state index contributed by atoms with van der Waals surface area (Å²) in [5.74, 6) is -0.895. The number of oxime groups is 1. The second-order valence-corrected chi connectivity index (χ2v) is 6.56. The molecule has 4 heterocycles. The Kier molecular flexibility index (Phi) is 4.19. The molecule has 0 aliphatic carbocycles. The number of ether oxygens (including phenoxy) is 1. The number of carbonyl (C=O) groups excluding carboxylic acids is 3. The second kappa shape index (κ2) is 6.52. The van der Waals surface area contributed by atoms with Crippen LogP contribution in [0.3, 0.4) is 0 Å². The molecule has 0 saturated carbocycles. The first-order chi connectivity index (χ1) is 12.5. The van der Waals surface area contributed by atoms with E-state index in [4.69, 9.17) is 9.57 Å². The number of hydrogen-bond donors (Lipinski definition) is 1. The van der Waals surface area contributed by atoms with Gasteiger partial charge in [0.05, 0.1) is 25.7 Å². The first-order valence-corrected chi connectivity index (χ1v) is 8.51. The highest BCUT2D eigenvalue weighted by Crippen LogP contribution is 2.29. The van der Waals surface area contributed by atoms with E-state index >= 15 is 0 Å². The number of Topliss-reactive ketones (excluding diaryl/α,β-unsaturated/α-hetero) is 1. The van der Waals surface area contributed by atoms with Crippen molar-refractivity contribution in [2.75, 3.05) is 39.4 Å². The third-order valence-corrected chi connectivity index (χ3v) is 4.88. The maximum atomic E-state index is 12.7. The summed E-state index contributed by atoms with van der Waals surface area (Å²) in [6, 6.07) is 1.44. The molecule has 0 aromatic carbocycles. The average molecular weight is 361 g/mol. The number of nitrogens with one attached hydrogen (secondary N) is 1. The fraction of sp³-hybridized carbons (Fsp3) is 0.562. The van der Waals surface area contributed by atoms with Gasteiger partial charge in [-0.3, -0.25) is 19.5 Å². The van der Waals surface area contributed by atoms with Crippen LogP contribution < -0.4 is 0 Å². The van der Waals surface area contributed by atoms with Crippen molar-refractivity contribution in [3.8, 4) is 0 Å². The SMILES string of the molecule is CC(=O)c1cc(C(=O)N2C[C@@H]3C(C(=O)N4CCOCC4)=NO[C@@H]3C2)[nH]n1. The number of amides is 2. The van der Waals surface area contributed by atoms with Crippen LogP contribution in [0.2, 0.25) is 0 Å². The monoisotopic (exact) mass is 361 g/mol. The molecule has 10 nitrogen and oxygen atoms in total. The lowest BCUT2D eigenvalue weighted by atomic mass is 10.00. The summed E-state index contributed by atoms with van der Waals surface area (Å²) in [5.41, 5.74) is 0.822. The molecule has 0 spiro atoms. The molecule has 26 heavy (non-hydrogen) atoms. The van der Waals surface area contributed by atoms with E-state index in [-0.39, 0.29) is 41.0 Å². The van der Waals surface area contributed by atoms with Gasteiger partial charge in [-0.1, -0.05) is 5.16 Å². The molecule has 4 rings (SSSR count). The number of ketones is 1. The molecule has 2 saturated heterocycles. The summed E-state index contributed by atoms with van der Waals surface area (Å²) in [6.07, 6.45) is -0.325. The van der Waals surface area contributed by atoms with Crippen LogP contribution >= 0.6 is 0 Å². The predicted octanol–water partition coefficient (Wildman–Crippen LogP) is -0.702. The summed E-state index contributed by atoms with van der Waals surface area (Å²) in [4.78, 5) is 45.3. The van der Waals surface area contributed by atoms with Crippen LogP contribution in [-0.2, 0) is 14.4 Å². The second-order valence-electron chi connectivity index (χ2n) is 6.56. The number of morpholine rings is 1. The molecule has 2 fully saturated rings. The molecule has 3 aliphatic heterocycles. The van der Waals surface area contributed by atoms with Gasteiger partial charge in [-0.15, -0.1) is 0 Å². The van der Waals surface area contributed by atoms with E-state index in [0.717, 1.165) is 0 Å². The molecule has 2 atom stereocenters. The summed E-state index contributed by atoms with van der Waals surface area (Å²) < 4.78 is 5.26. The fourth-order valence-electron chi connectivity index (χ4n) is 3.41. The zero-order valence-corrected chi connectivity index (χ0v) is 14.3. The number of H-pyrrole nitrogens is 1. The largest absolute Gasteiger partial charge is 0.389 e. The Morgan fingerprint density at radius 2 is 1.92 bits per heavy atom. The Morgan fingerprint density at radius 1 is 1.15 bits per heavy atom. The highest BCUT2D eigenvalue weighted by atomic mass is 16.6. The standard InChI is InChI=1S/C16H19N5O5/c1-9(22)11-6-12(18-17-11)15(23)21-7-10-13(8-21)26-19-14(10)16(24)20-2-4-25-5-3-20/h6,10,13H,2-5,7-8H2,1H3,(H,17,18)/t10-,13+/m0/s1. The van der Waals surface area contributed by atoms with Crippen molar-refractivity contribution in [2.24, 2.45) is 11.1 Å². The Labute approximate surface area is 149 Å². The molecule has 0 radical (unpaired) electrons. The molecule has 138 valence electrons. The van der Waals surface area contributed by atoms with Crippen LogP contribution in [0.5, 0.6) is 0 Å². The van der Waals surface area contributed by atoms with Gasteiger partial charge in [0.25, 0.3) is 11.8 Å². The minimum Gasteiger partial charge on any atom is -0.389 e. The zero-order valence-electron chi connectivity index (χ0n) is 14.3. The lowest BCUT2D eigenvalue weighted by molar-refractivity contribution is -0.128. The summed E-state index contributed by atoms with van der Waals surface area (Å²) in [6.45, 7) is 4.14. The van der Waals surface area contributed by atoms with Crippen molar-refractivity contribution < 1.29 is 24.0 Å². The number of likely N-dealkylation sites (tertiary alicyclic amines) is 1. The van der Waals surface area contributed by atoms with Crippen LogP contribution in [0.15, 0.2) is 11.2 Å². The topological polar surface area (TPSA) is 117 Å². The van der Waals surface area contributed by atoms with Crippen molar-refractivity contribution in [2.45, 2.75) is 13.0 Å². The molecule has 1 aromatic heterocycles. The zero-order chi connectivity index (χ0) is 18.3. The third-order valence-electron chi connectivity index (χ3n) is 4.88. The summed E-state index contributed by atoms with van der Waals surface area (Å²) >= 11 is 0. The van der Waals surface area contributed by atoms with E-state index in [1.807, 2.05) is 0 Å². The molecule has 10 heteroatoms. The minimum atomic E-state index is -0.325. The van der Waals surface area contributed by atoms with E-state index in [1.165, 1.54) is 13.0 Å². The van der Waals surface area contributed by atoms with E-state index < -0.39 is 0 Å². The molecule has 0 bridgehead atoms. The Balaban J connectivity index is 1.44. The number of nitrogens with zero attached hydrogens (tertiary/aromatic N) is 4. The smallest absolute Gasteiger partial charge is 0.272 e. The first kappa shape index (κ1) is 16.7. The highest BCUT2D eigenvalue weighted by molar-refractivity contribution is 6.40. The van der Waals surface area contributed by atoms with Gasteiger partial charge in [-0.25, -0.2) is 0 Å². The fourth-order valence-corrected chi connectivity index (χ4v) is 3.41. The third kappa shape index (κ3) is 2.85. The van der Waals surface area contributed by atoms with Gasteiger partial charge in [0.1, 0.15) is 11.4 Å².